The molecule has 188 valence electrons. The van der Waals surface area contributed by atoms with Crippen molar-refractivity contribution in [3.05, 3.63) is 50.2 Å². The maximum atomic E-state index is 13.0. The topological polar surface area (TPSA) is 99.1 Å². The van der Waals surface area contributed by atoms with E-state index >= 15 is 0 Å². The highest BCUT2D eigenvalue weighted by atomic mass is 35.5. The van der Waals surface area contributed by atoms with Gasteiger partial charge in [-0.3, -0.25) is 9.59 Å². The number of nitrogens with zero attached hydrogens (tertiary/aromatic N) is 3. The van der Waals surface area contributed by atoms with E-state index in [2.05, 4.69) is 15.1 Å². The van der Waals surface area contributed by atoms with Crippen LogP contribution in [0.3, 0.4) is 0 Å². The number of carbonyl (C=O) groups excluding carboxylic acids is 1. The third-order valence-electron chi connectivity index (χ3n) is 5.53. The Morgan fingerprint density at radius 1 is 1.23 bits per heavy atom. The van der Waals surface area contributed by atoms with E-state index in [1.165, 1.54) is 10.7 Å². The van der Waals surface area contributed by atoms with Gasteiger partial charge in [-0.05, 0) is 58.1 Å². The number of aromatic nitrogens is 4. The number of fused-ring (bicyclic) bond motifs is 2. The Hall–Kier alpha value is -3.01. The zero-order chi connectivity index (χ0) is 25.3. The Morgan fingerprint density at radius 3 is 2.63 bits per heavy atom. The molecular formula is C24H27ClF2N4O4. The first kappa shape index (κ1) is 25.1. The van der Waals surface area contributed by atoms with Crippen molar-refractivity contribution in [3.63, 3.8) is 0 Å². The molecule has 0 unspecified atom stereocenters. The number of esters is 1. The number of halogens is 3. The number of benzene rings is 1. The molecule has 0 aliphatic heterocycles. The third kappa shape index (κ3) is 5.98. The van der Waals surface area contributed by atoms with E-state index in [1.54, 1.807) is 26.8 Å². The van der Waals surface area contributed by atoms with Gasteiger partial charge in [0.05, 0.1) is 28.2 Å². The van der Waals surface area contributed by atoms with Crippen LogP contribution >= 0.6 is 11.6 Å². The van der Waals surface area contributed by atoms with Crippen LogP contribution in [0, 0.1) is 0 Å². The summed E-state index contributed by atoms with van der Waals surface area (Å²) in [6, 6.07) is 3.08. The fraction of sp³-hybridized carbons (Fsp3) is 0.500. The lowest BCUT2D eigenvalue weighted by Crippen LogP contribution is -2.35. The van der Waals surface area contributed by atoms with Gasteiger partial charge in [0.1, 0.15) is 30.3 Å². The summed E-state index contributed by atoms with van der Waals surface area (Å²) in [6.45, 7) is 4.24. The molecule has 2 heterocycles. The van der Waals surface area contributed by atoms with Crippen LogP contribution < -0.4 is 10.3 Å². The number of aromatic amines is 1. The number of imidazole rings is 1. The van der Waals surface area contributed by atoms with Crippen LogP contribution in [0.15, 0.2) is 16.9 Å². The summed E-state index contributed by atoms with van der Waals surface area (Å²) in [4.78, 5) is 33.1. The highest BCUT2D eigenvalue weighted by molar-refractivity contribution is 6.32. The molecule has 1 aliphatic rings. The highest BCUT2D eigenvalue weighted by Crippen LogP contribution is 2.30. The highest BCUT2D eigenvalue weighted by Gasteiger charge is 2.24. The quantitative estimate of drug-likeness (QED) is 0.479. The van der Waals surface area contributed by atoms with Gasteiger partial charge < -0.3 is 14.5 Å². The molecule has 0 saturated carbocycles. The Morgan fingerprint density at radius 2 is 1.94 bits per heavy atom. The molecule has 0 radical (unpaired) electrons. The minimum absolute atomic E-state index is 0.135. The predicted molar refractivity (Wildman–Crippen MR) is 126 cm³/mol. The molecule has 0 amide bonds. The van der Waals surface area contributed by atoms with E-state index in [0.717, 1.165) is 24.8 Å². The van der Waals surface area contributed by atoms with Crippen LogP contribution in [0.25, 0.3) is 11.0 Å². The maximum absolute atomic E-state index is 13.0. The minimum atomic E-state index is -2.62. The SMILES string of the molecule is CC(C)(C)OC(=O)Cn1nc(Cc2nc3cc(Cl)c(OCC(F)F)cc3[nH]2)c2c(c1=O)CCCC2. The standard InChI is InChI=1S/C24H27ClF2N4O4/c1-24(2,3)35-22(32)11-31-23(33)14-7-5-4-6-13(14)16(30-31)10-21-28-17-8-15(25)19(9-18(17)29-21)34-12-20(26)27/h8-9,20H,4-7,10-12H2,1-3H3,(H,28,29). The van der Waals surface area contributed by atoms with E-state index in [0.29, 0.717) is 34.5 Å². The summed E-state index contributed by atoms with van der Waals surface area (Å²) in [5, 5.41) is 4.69. The zero-order valence-corrected chi connectivity index (χ0v) is 20.5. The van der Waals surface area contributed by atoms with E-state index in [-0.39, 0.29) is 29.3 Å². The van der Waals surface area contributed by atoms with Gasteiger partial charge in [0, 0.05) is 11.6 Å². The number of ether oxygens (including phenoxy) is 2. The average Bonchev–Trinajstić information content (AvgIpc) is 3.14. The van der Waals surface area contributed by atoms with Crippen molar-refractivity contribution in [3.8, 4) is 5.75 Å². The fourth-order valence-electron chi connectivity index (χ4n) is 4.18. The van der Waals surface area contributed by atoms with Crippen molar-refractivity contribution < 1.29 is 23.0 Å². The Labute approximate surface area is 205 Å². The van der Waals surface area contributed by atoms with Crippen LogP contribution in [-0.4, -0.2) is 44.4 Å². The molecule has 35 heavy (non-hydrogen) atoms. The lowest BCUT2D eigenvalue weighted by Gasteiger charge is -2.22. The second-order valence-corrected chi connectivity index (χ2v) is 9.93. The minimum Gasteiger partial charge on any atom is -0.486 e. The molecule has 1 N–H and O–H groups in total. The lowest BCUT2D eigenvalue weighted by molar-refractivity contribution is -0.155. The number of hydrogen-bond donors (Lipinski definition) is 1. The Balaban J connectivity index is 1.66. The van der Waals surface area contributed by atoms with Crippen LogP contribution in [0.5, 0.6) is 5.75 Å². The summed E-state index contributed by atoms with van der Waals surface area (Å²) in [6.07, 6.45) is 0.848. The molecule has 1 aromatic carbocycles. The van der Waals surface area contributed by atoms with Crippen molar-refractivity contribution in [1.82, 2.24) is 19.7 Å². The Kier molecular flexibility index (Phi) is 7.12. The van der Waals surface area contributed by atoms with Crippen LogP contribution in [0.2, 0.25) is 5.02 Å². The van der Waals surface area contributed by atoms with Crippen molar-refractivity contribution in [1.29, 1.82) is 0 Å². The van der Waals surface area contributed by atoms with Gasteiger partial charge in [-0.1, -0.05) is 11.6 Å². The molecule has 11 heteroatoms. The summed E-state index contributed by atoms with van der Waals surface area (Å²) in [7, 11) is 0. The van der Waals surface area contributed by atoms with Gasteiger partial charge in [0.25, 0.3) is 12.0 Å². The third-order valence-corrected chi connectivity index (χ3v) is 5.83. The molecule has 2 aromatic heterocycles. The molecule has 4 rings (SSSR count). The average molecular weight is 509 g/mol. The van der Waals surface area contributed by atoms with Crippen molar-refractivity contribution in [2.45, 2.75) is 71.4 Å². The number of nitrogens with one attached hydrogen (secondary N) is 1. The van der Waals surface area contributed by atoms with Gasteiger partial charge in [-0.2, -0.15) is 5.10 Å². The van der Waals surface area contributed by atoms with Gasteiger partial charge >= 0.3 is 5.97 Å². The van der Waals surface area contributed by atoms with Crippen molar-refractivity contribution >= 4 is 28.6 Å². The van der Waals surface area contributed by atoms with Crippen LogP contribution in [0.1, 0.15) is 56.3 Å². The molecule has 0 fully saturated rings. The van der Waals surface area contributed by atoms with Crippen LogP contribution in [-0.2, 0) is 35.3 Å². The molecule has 0 saturated heterocycles. The summed E-state index contributed by atoms with van der Waals surface area (Å²) in [5.41, 5.74) is 2.39. The number of rotatable bonds is 7. The van der Waals surface area contributed by atoms with Gasteiger partial charge in [-0.25, -0.2) is 18.4 Å². The second-order valence-electron chi connectivity index (χ2n) is 9.52. The Bertz CT molecular complexity index is 1310. The van der Waals surface area contributed by atoms with E-state index < -0.39 is 24.6 Å². The van der Waals surface area contributed by atoms with Gasteiger partial charge in [0.15, 0.2) is 0 Å². The number of H-pyrrole nitrogens is 1. The van der Waals surface area contributed by atoms with Crippen molar-refractivity contribution in [2.24, 2.45) is 0 Å². The predicted octanol–water partition coefficient (Wildman–Crippen LogP) is 4.23. The zero-order valence-electron chi connectivity index (χ0n) is 19.8. The number of hydrogen-bond acceptors (Lipinski definition) is 6. The smallest absolute Gasteiger partial charge is 0.328 e. The summed E-state index contributed by atoms with van der Waals surface area (Å²) in [5.74, 6) is 0.157. The first-order valence-corrected chi connectivity index (χ1v) is 11.8. The van der Waals surface area contributed by atoms with Gasteiger partial charge in [0.2, 0.25) is 0 Å². The monoisotopic (exact) mass is 508 g/mol. The summed E-state index contributed by atoms with van der Waals surface area (Å²) >= 11 is 6.17. The largest absolute Gasteiger partial charge is 0.486 e. The molecule has 0 spiro atoms. The normalized spacial score (nSPS) is 13.8. The molecule has 8 nitrogen and oxygen atoms in total. The van der Waals surface area contributed by atoms with E-state index in [9.17, 15) is 18.4 Å². The molecular weight excluding hydrogens is 482 g/mol. The lowest BCUT2D eigenvalue weighted by atomic mass is 9.91. The number of alkyl halides is 2. The van der Waals surface area contributed by atoms with E-state index in [4.69, 9.17) is 21.1 Å². The molecule has 0 bridgehead atoms. The first-order chi connectivity index (χ1) is 16.5. The van der Waals surface area contributed by atoms with Crippen LogP contribution in [0.4, 0.5) is 8.78 Å². The molecule has 3 aromatic rings. The summed E-state index contributed by atoms with van der Waals surface area (Å²) < 4.78 is 36.7. The van der Waals surface area contributed by atoms with Gasteiger partial charge in [-0.15, -0.1) is 0 Å². The second kappa shape index (κ2) is 9.93. The number of carbonyl (C=O) groups is 1. The molecule has 0 atom stereocenters. The maximum Gasteiger partial charge on any atom is 0.328 e. The van der Waals surface area contributed by atoms with E-state index in [1.807, 2.05) is 0 Å². The fourth-order valence-corrected chi connectivity index (χ4v) is 4.39. The molecule has 1 aliphatic carbocycles. The first-order valence-electron chi connectivity index (χ1n) is 11.4. The van der Waals surface area contributed by atoms with Crippen molar-refractivity contribution in [2.75, 3.05) is 6.61 Å².